The summed E-state index contributed by atoms with van der Waals surface area (Å²) in [4.78, 5) is 0. The van der Waals surface area contributed by atoms with E-state index >= 15 is 0 Å². The van der Waals surface area contributed by atoms with Crippen molar-refractivity contribution in [1.82, 2.24) is 0 Å². The number of hydrogen-bond acceptors (Lipinski definition) is 2. The highest BCUT2D eigenvalue weighted by molar-refractivity contribution is 5.00. The molecule has 0 aromatic heterocycles. The van der Waals surface area contributed by atoms with Gasteiger partial charge in [-0.3, -0.25) is 0 Å². The van der Waals surface area contributed by atoms with E-state index in [9.17, 15) is 5.11 Å². The van der Waals surface area contributed by atoms with E-state index in [-0.39, 0.29) is 6.10 Å². The summed E-state index contributed by atoms with van der Waals surface area (Å²) in [6, 6.07) is 0. The van der Waals surface area contributed by atoms with E-state index in [2.05, 4.69) is 6.92 Å². The minimum atomic E-state index is -0.465. The molecule has 3 atom stereocenters. The third-order valence-electron chi connectivity index (χ3n) is 3.55. The second kappa shape index (κ2) is 3.00. The molecule has 70 valence electrons. The van der Waals surface area contributed by atoms with E-state index in [0.717, 1.165) is 25.9 Å². The molecular formula is C10H18O2. The van der Waals surface area contributed by atoms with Gasteiger partial charge < -0.3 is 9.84 Å². The van der Waals surface area contributed by atoms with E-state index in [1.165, 1.54) is 12.8 Å². The van der Waals surface area contributed by atoms with E-state index in [1.54, 1.807) is 0 Å². The zero-order valence-electron chi connectivity index (χ0n) is 7.75. The maximum absolute atomic E-state index is 10.3. The lowest BCUT2D eigenvalue weighted by molar-refractivity contribution is -0.0786. The maximum Gasteiger partial charge on any atom is 0.0957 e. The van der Waals surface area contributed by atoms with Gasteiger partial charge in [0.05, 0.1) is 18.3 Å². The molecule has 1 aliphatic heterocycles. The highest BCUT2D eigenvalue weighted by atomic mass is 16.5. The summed E-state index contributed by atoms with van der Waals surface area (Å²) in [5.74, 6) is 0.391. The van der Waals surface area contributed by atoms with Crippen LogP contribution in [0.5, 0.6) is 0 Å². The average Bonchev–Trinajstić information content (AvgIpc) is 2.41. The summed E-state index contributed by atoms with van der Waals surface area (Å²) in [7, 11) is 0. The lowest BCUT2D eigenvalue weighted by Crippen LogP contribution is -2.45. The molecule has 1 saturated heterocycles. The fraction of sp³-hybridized carbons (Fsp3) is 1.00. The molecule has 0 aromatic carbocycles. The minimum Gasteiger partial charge on any atom is -0.387 e. The highest BCUT2D eigenvalue weighted by Gasteiger charge is 2.49. The lowest BCUT2D eigenvalue weighted by Gasteiger charge is -2.36. The predicted molar refractivity (Wildman–Crippen MR) is 46.9 cm³/mol. The van der Waals surface area contributed by atoms with Gasteiger partial charge in [-0.1, -0.05) is 19.8 Å². The molecule has 2 heteroatoms. The van der Waals surface area contributed by atoms with Crippen molar-refractivity contribution in [2.24, 2.45) is 5.92 Å². The molecule has 0 bridgehead atoms. The van der Waals surface area contributed by atoms with Gasteiger partial charge in [0.2, 0.25) is 0 Å². The van der Waals surface area contributed by atoms with Gasteiger partial charge in [0.25, 0.3) is 0 Å². The Balaban J connectivity index is 2.13. The summed E-state index contributed by atoms with van der Waals surface area (Å²) < 4.78 is 5.61. The Morgan fingerprint density at radius 1 is 1.50 bits per heavy atom. The molecule has 0 spiro atoms. The third-order valence-corrected chi connectivity index (χ3v) is 3.55. The van der Waals surface area contributed by atoms with Crippen LogP contribution >= 0.6 is 0 Å². The van der Waals surface area contributed by atoms with Crippen molar-refractivity contribution < 1.29 is 9.84 Å². The molecule has 2 nitrogen and oxygen atoms in total. The topological polar surface area (TPSA) is 29.5 Å². The highest BCUT2D eigenvalue weighted by Crippen LogP contribution is 2.42. The smallest absolute Gasteiger partial charge is 0.0957 e. The van der Waals surface area contributed by atoms with Crippen molar-refractivity contribution in [2.75, 3.05) is 6.61 Å². The van der Waals surface area contributed by atoms with Gasteiger partial charge in [0.1, 0.15) is 0 Å². The quantitative estimate of drug-likeness (QED) is 0.649. The lowest BCUT2D eigenvalue weighted by atomic mass is 9.75. The monoisotopic (exact) mass is 170 g/mol. The molecule has 2 aliphatic rings. The Bertz CT molecular complexity index is 161. The maximum atomic E-state index is 10.3. The second-order valence-corrected chi connectivity index (χ2v) is 4.16. The molecule has 1 heterocycles. The first-order valence-electron chi connectivity index (χ1n) is 5.11. The van der Waals surface area contributed by atoms with Crippen molar-refractivity contribution >= 4 is 0 Å². The Kier molecular flexibility index (Phi) is 2.13. The van der Waals surface area contributed by atoms with Gasteiger partial charge in [-0.2, -0.15) is 0 Å². The first kappa shape index (κ1) is 8.52. The molecule has 2 rings (SSSR count). The van der Waals surface area contributed by atoms with E-state index < -0.39 is 5.60 Å². The fourth-order valence-corrected chi connectivity index (χ4v) is 2.69. The summed E-state index contributed by atoms with van der Waals surface area (Å²) in [5, 5.41) is 10.3. The first-order chi connectivity index (χ1) is 5.77. The van der Waals surface area contributed by atoms with Gasteiger partial charge in [0.15, 0.2) is 0 Å². The predicted octanol–water partition coefficient (Wildman–Crippen LogP) is 1.72. The summed E-state index contributed by atoms with van der Waals surface area (Å²) in [5.41, 5.74) is -0.465. The molecule has 0 amide bonds. The van der Waals surface area contributed by atoms with Crippen molar-refractivity contribution in [2.45, 2.75) is 50.7 Å². The van der Waals surface area contributed by atoms with Crippen LogP contribution in [0.4, 0.5) is 0 Å². The Hall–Kier alpha value is -0.0800. The molecule has 0 unspecified atom stereocenters. The molecule has 12 heavy (non-hydrogen) atoms. The summed E-state index contributed by atoms with van der Waals surface area (Å²) in [6.07, 6.45) is 5.61. The van der Waals surface area contributed by atoms with Crippen LogP contribution in [-0.4, -0.2) is 23.4 Å². The Morgan fingerprint density at radius 3 is 3.08 bits per heavy atom. The minimum absolute atomic E-state index is 0.149. The van der Waals surface area contributed by atoms with Crippen LogP contribution in [0.15, 0.2) is 0 Å². The number of fused-ring (bicyclic) bond motifs is 1. The molecule has 1 N–H and O–H groups in total. The van der Waals surface area contributed by atoms with Crippen LogP contribution in [-0.2, 0) is 4.74 Å². The average molecular weight is 170 g/mol. The number of rotatable bonds is 1. The second-order valence-electron chi connectivity index (χ2n) is 4.16. The SMILES string of the molecule is CC[C@H]1CO[C@H]2CCCC[C@@]12O. The van der Waals surface area contributed by atoms with Crippen LogP contribution < -0.4 is 0 Å². The largest absolute Gasteiger partial charge is 0.387 e. The molecular weight excluding hydrogens is 152 g/mol. The Morgan fingerprint density at radius 2 is 2.33 bits per heavy atom. The number of ether oxygens (including phenoxy) is 1. The van der Waals surface area contributed by atoms with Crippen LogP contribution in [0, 0.1) is 5.92 Å². The van der Waals surface area contributed by atoms with E-state index in [1.807, 2.05) is 0 Å². The van der Waals surface area contributed by atoms with Crippen LogP contribution in [0.2, 0.25) is 0 Å². The van der Waals surface area contributed by atoms with E-state index in [0.29, 0.717) is 5.92 Å². The molecule has 0 aromatic rings. The van der Waals surface area contributed by atoms with Crippen LogP contribution in [0.1, 0.15) is 39.0 Å². The summed E-state index contributed by atoms with van der Waals surface area (Å²) >= 11 is 0. The molecule has 0 radical (unpaired) electrons. The summed E-state index contributed by atoms with van der Waals surface area (Å²) in [6.45, 7) is 2.92. The zero-order valence-corrected chi connectivity index (χ0v) is 7.75. The van der Waals surface area contributed by atoms with Gasteiger partial charge in [0, 0.05) is 5.92 Å². The van der Waals surface area contributed by atoms with Crippen molar-refractivity contribution in [1.29, 1.82) is 0 Å². The zero-order chi connectivity index (χ0) is 8.60. The number of hydrogen-bond donors (Lipinski definition) is 1. The van der Waals surface area contributed by atoms with Crippen molar-refractivity contribution in [3.63, 3.8) is 0 Å². The van der Waals surface area contributed by atoms with E-state index in [4.69, 9.17) is 4.74 Å². The van der Waals surface area contributed by atoms with Crippen LogP contribution in [0.25, 0.3) is 0 Å². The first-order valence-corrected chi connectivity index (χ1v) is 5.11. The molecule has 1 aliphatic carbocycles. The molecule has 1 saturated carbocycles. The van der Waals surface area contributed by atoms with Crippen molar-refractivity contribution in [3.05, 3.63) is 0 Å². The number of aliphatic hydroxyl groups is 1. The van der Waals surface area contributed by atoms with Gasteiger partial charge in [-0.25, -0.2) is 0 Å². The fourth-order valence-electron chi connectivity index (χ4n) is 2.69. The van der Waals surface area contributed by atoms with Gasteiger partial charge in [-0.05, 0) is 19.3 Å². The van der Waals surface area contributed by atoms with Gasteiger partial charge >= 0.3 is 0 Å². The van der Waals surface area contributed by atoms with Crippen LogP contribution in [0.3, 0.4) is 0 Å². The normalized spacial score (nSPS) is 47.5. The molecule has 2 fully saturated rings. The Labute approximate surface area is 73.9 Å². The van der Waals surface area contributed by atoms with Gasteiger partial charge in [-0.15, -0.1) is 0 Å². The standard InChI is InChI=1S/C10H18O2/c1-2-8-7-12-9-5-3-4-6-10(8,9)11/h8-9,11H,2-7H2,1H3/t8-,9-,10+/m0/s1. The van der Waals surface area contributed by atoms with Crippen molar-refractivity contribution in [3.8, 4) is 0 Å². The third kappa shape index (κ3) is 1.09.